The molecule has 0 bridgehead atoms. The molecule has 2 saturated carbocycles. The normalized spacial score (nSPS) is 29.4. The van der Waals surface area contributed by atoms with Gasteiger partial charge in [0.15, 0.2) is 0 Å². The van der Waals surface area contributed by atoms with E-state index in [0.29, 0.717) is 12.0 Å². The molecule has 2 rings (SSSR count). The van der Waals surface area contributed by atoms with Crippen molar-refractivity contribution in [3.63, 3.8) is 0 Å². The Labute approximate surface area is 104 Å². The molecule has 0 saturated heterocycles. The molecular weight excluding hydrogens is 210 g/mol. The molecule has 2 heteroatoms. The third-order valence-corrected chi connectivity index (χ3v) is 3.45. The molecule has 17 heavy (non-hydrogen) atoms. The van der Waals surface area contributed by atoms with Crippen LogP contribution in [0.5, 0.6) is 0 Å². The van der Waals surface area contributed by atoms with Gasteiger partial charge in [-0.25, -0.2) is 0 Å². The van der Waals surface area contributed by atoms with Gasteiger partial charge in [-0.15, -0.1) is 0 Å². The zero-order valence-electron chi connectivity index (χ0n) is 10.6. The molecule has 0 aliphatic heterocycles. The first-order valence-electron chi connectivity index (χ1n) is 6.67. The molecule has 0 heterocycles. The lowest BCUT2D eigenvalue weighted by molar-refractivity contribution is 0.335. The molecule has 0 amide bonds. The van der Waals surface area contributed by atoms with Crippen LogP contribution in [-0.4, -0.2) is 24.3 Å². The van der Waals surface area contributed by atoms with E-state index in [4.69, 9.17) is 5.11 Å². The quantitative estimate of drug-likeness (QED) is 0.662. The summed E-state index contributed by atoms with van der Waals surface area (Å²) in [5, 5.41) is 12.8. The average Bonchev–Trinajstić information content (AvgIpc) is 3.22. The van der Waals surface area contributed by atoms with Crippen molar-refractivity contribution in [2.24, 2.45) is 11.8 Å². The van der Waals surface area contributed by atoms with Crippen LogP contribution < -0.4 is 5.32 Å². The molecule has 2 aliphatic rings. The lowest BCUT2D eigenvalue weighted by Gasteiger charge is -1.99. The monoisotopic (exact) mass is 233 g/mol. The van der Waals surface area contributed by atoms with E-state index >= 15 is 0 Å². The molecule has 2 atom stereocenters. The Bertz CT molecular complexity index is 326. The van der Waals surface area contributed by atoms with Crippen molar-refractivity contribution in [2.75, 3.05) is 13.2 Å². The Morgan fingerprint density at radius 3 is 2.88 bits per heavy atom. The second kappa shape index (κ2) is 6.18. The van der Waals surface area contributed by atoms with Crippen LogP contribution in [0.3, 0.4) is 0 Å². The zero-order valence-corrected chi connectivity index (χ0v) is 10.6. The Kier molecular flexibility index (Phi) is 4.57. The molecule has 0 aromatic rings. The summed E-state index contributed by atoms with van der Waals surface area (Å²) in [6.07, 6.45) is 14.3. The number of hydrogen-bond acceptors (Lipinski definition) is 2. The summed E-state index contributed by atoms with van der Waals surface area (Å²) in [5.74, 6) is 1.64. The minimum absolute atomic E-state index is 0.119. The first kappa shape index (κ1) is 12.6. The summed E-state index contributed by atoms with van der Waals surface area (Å²) >= 11 is 0. The lowest BCUT2D eigenvalue weighted by Crippen LogP contribution is -2.20. The highest BCUT2D eigenvalue weighted by atomic mass is 16.3. The summed E-state index contributed by atoms with van der Waals surface area (Å²) in [5.41, 5.74) is 0.982. The summed E-state index contributed by atoms with van der Waals surface area (Å²) in [7, 11) is 0. The molecule has 2 fully saturated rings. The summed E-state index contributed by atoms with van der Waals surface area (Å²) in [4.78, 5) is 0. The van der Waals surface area contributed by atoms with Crippen LogP contribution in [0.2, 0.25) is 0 Å². The maximum atomic E-state index is 9.17. The number of nitrogens with one attached hydrogen (secondary N) is 1. The van der Waals surface area contributed by atoms with E-state index in [1.54, 1.807) is 0 Å². The van der Waals surface area contributed by atoms with Gasteiger partial charge in [0.2, 0.25) is 0 Å². The van der Waals surface area contributed by atoms with Crippen LogP contribution in [0.4, 0.5) is 0 Å². The molecule has 0 radical (unpaired) electrons. The molecule has 2 aliphatic carbocycles. The number of aliphatic hydroxyl groups is 1. The Balaban J connectivity index is 1.69. The van der Waals surface area contributed by atoms with Crippen molar-refractivity contribution < 1.29 is 5.11 Å². The Hall–Kier alpha value is -0.860. The van der Waals surface area contributed by atoms with Gasteiger partial charge < -0.3 is 10.4 Å². The van der Waals surface area contributed by atoms with E-state index in [0.717, 1.165) is 11.5 Å². The highest BCUT2D eigenvalue weighted by Crippen LogP contribution is 2.34. The minimum atomic E-state index is 0.119. The molecule has 2 N–H and O–H groups in total. The lowest BCUT2D eigenvalue weighted by atomic mass is 10.2. The molecule has 0 spiro atoms. The predicted molar refractivity (Wildman–Crippen MR) is 71.7 cm³/mol. The fraction of sp³-hybridized carbons (Fsp3) is 0.600. The first-order chi connectivity index (χ1) is 8.33. The Morgan fingerprint density at radius 2 is 2.24 bits per heavy atom. The van der Waals surface area contributed by atoms with Gasteiger partial charge in [-0.2, -0.15) is 0 Å². The van der Waals surface area contributed by atoms with Crippen LogP contribution in [0.1, 0.15) is 26.2 Å². The largest absolute Gasteiger partial charge is 0.392 e. The molecule has 94 valence electrons. The van der Waals surface area contributed by atoms with Gasteiger partial charge in [-0.05, 0) is 50.1 Å². The van der Waals surface area contributed by atoms with Crippen molar-refractivity contribution in [3.05, 3.63) is 36.0 Å². The second-order valence-corrected chi connectivity index (χ2v) is 5.14. The zero-order chi connectivity index (χ0) is 12.1. The van der Waals surface area contributed by atoms with E-state index in [9.17, 15) is 0 Å². The smallest absolute Gasteiger partial charge is 0.0681 e. The topological polar surface area (TPSA) is 32.3 Å². The Morgan fingerprint density at radius 1 is 1.41 bits per heavy atom. The van der Waals surface area contributed by atoms with E-state index in [2.05, 4.69) is 17.5 Å². The van der Waals surface area contributed by atoms with E-state index in [-0.39, 0.29) is 6.61 Å². The number of rotatable bonds is 7. The van der Waals surface area contributed by atoms with Crippen molar-refractivity contribution in [1.82, 2.24) is 5.32 Å². The van der Waals surface area contributed by atoms with Gasteiger partial charge in [0.05, 0.1) is 6.61 Å². The third kappa shape index (κ3) is 4.49. The maximum Gasteiger partial charge on any atom is 0.0681 e. The van der Waals surface area contributed by atoms with Crippen LogP contribution in [0, 0.1) is 11.8 Å². The SMILES string of the molecule is C\C=C/C=C(\C=C\C1CC1NCC1CC1)CO. The fourth-order valence-electron chi connectivity index (χ4n) is 1.93. The molecule has 0 aromatic heterocycles. The van der Waals surface area contributed by atoms with Crippen LogP contribution in [0.25, 0.3) is 0 Å². The van der Waals surface area contributed by atoms with Gasteiger partial charge in [-0.3, -0.25) is 0 Å². The highest BCUT2D eigenvalue weighted by Gasteiger charge is 2.35. The van der Waals surface area contributed by atoms with Crippen LogP contribution >= 0.6 is 0 Å². The van der Waals surface area contributed by atoms with E-state index < -0.39 is 0 Å². The number of hydrogen-bond donors (Lipinski definition) is 2. The predicted octanol–water partition coefficient (Wildman–Crippen LogP) is 2.43. The molecular formula is C15H23NO. The standard InChI is InChI=1S/C15H23NO/c1-2-3-4-13(11-17)7-8-14-9-15(14)16-10-12-5-6-12/h2-4,7-8,12,14-17H,5-6,9-11H2,1H3/b3-2-,8-7+,13-4+. The van der Waals surface area contributed by atoms with Gasteiger partial charge in [-0.1, -0.05) is 30.4 Å². The molecule has 0 aromatic carbocycles. The fourth-order valence-corrected chi connectivity index (χ4v) is 1.93. The third-order valence-electron chi connectivity index (χ3n) is 3.45. The number of allylic oxidation sites excluding steroid dienone is 3. The maximum absolute atomic E-state index is 9.17. The summed E-state index contributed by atoms with van der Waals surface area (Å²) in [6, 6.07) is 0.688. The second-order valence-electron chi connectivity index (χ2n) is 5.14. The van der Waals surface area contributed by atoms with Gasteiger partial charge in [0.1, 0.15) is 0 Å². The minimum Gasteiger partial charge on any atom is -0.392 e. The van der Waals surface area contributed by atoms with Crippen molar-refractivity contribution in [2.45, 2.75) is 32.2 Å². The van der Waals surface area contributed by atoms with Gasteiger partial charge in [0.25, 0.3) is 0 Å². The molecule has 2 nitrogen and oxygen atoms in total. The van der Waals surface area contributed by atoms with E-state index in [1.807, 2.05) is 25.2 Å². The summed E-state index contributed by atoms with van der Waals surface area (Å²) in [6.45, 7) is 3.30. The van der Waals surface area contributed by atoms with Crippen molar-refractivity contribution in [1.29, 1.82) is 0 Å². The van der Waals surface area contributed by atoms with Crippen LogP contribution in [-0.2, 0) is 0 Å². The summed E-state index contributed by atoms with van der Waals surface area (Å²) < 4.78 is 0. The average molecular weight is 233 g/mol. The highest BCUT2D eigenvalue weighted by molar-refractivity contribution is 5.26. The first-order valence-corrected chi connectivity index (χ1v) is 6.67. The van der Waals surface area contributed by atoms with Crippen molar-refractivity contribution in [3.8, 4) is 0 Å². The van der Waals surface area contributed by atoms with E-state index in [1.165, 1.54) is 25.8 Å². The van der Waals surface area contributed by atoms with Crippen LogP contribution in [0.15, 0.2) is 36.0 Å². The number of aliphatic hydroxyl groups excluding tert-OH is 1. The van der Waals surface area contributed by atoms with Crippen molar-refractivity contribution >= 4 is 0 Å². The van der Waals surface area contributed by atoms with Gasteiger partial charge >= 0.3 is 0 Å². The van der Waals surface area contributed by atoms with Gasteiger partial charge in [0, 0.05) is 6.04 Å². The molecule has 2 unspecified atom stereocenters.